The number of aryl methyl sites for hydroxylation is 1. The lowest BCUT2D eigenvalue weighted by Gasteiger charge is -2.15. The first kappa shape index (κ1) is 25.9. The third-order valence-electron chi connectivity index (χ3n) is 5.00. The predicted octanol–water partition coefficient (Wildman–Crippen LogP) is 3.61. The largest absolute Gasteiger partial charge is 0.497 e. The molecule has 1 aromatic heterocycles. The maximum Gasteiger partial charge on any atom is 0.240 e. The van der Waals surface area contributed by atoms with E-state index in [1.165, 1.54) is 0 Å². The minimum Gasteiger partial charge on any atom is -0.497 e. The van der Waals surface area contributed by atoms with Gasteiger partial charge in [0.1, 0.15) is 11.6 Å². The van der Waals surface area contributed by atoms with Crippen molar-refractivity contribution in [2.45, 2.75) is 31.2 Å². The number of aromatic nitrogens is 2. The topological polar surface area (TPSA) is 125 Å². The molecule has 1 atom stereocenters. The van der Waals surface area contributed by atoms with Gasteiger partial charge < -0.3 is 20.5 Å². The number of halogens is 1. The lowest BCUT2D eigenvalue weighted by molar-refractivity contribution is 0.281. The fourth-order valence-corrected chi connectivity index (χ4v) is 4.71. The van der Waals surface area contributed by atoms with Crippen LogP contribution in [0.1, 0.15) is 18.1 Å². The molecule has 34 heavy (non-hydrogen) atoms. The summed E-state index contributed by atoms with van der Waals surface area (Å²) in [7, 11) is -2.12. The van der Waals surface area contributed by atoms with Crippen LogP contribution in [0.5, 0.6) is 5.75 Å². The van der Waals surface area contributed by atoms with Crippen molar-refractivity contribution in [3.8, 4) is 5.75 Å². The van der Waals surface area contributed by atoms with Crippen molar-refractivity contribution in [1.82, 2.24) is 14.7 Å². The Morgan fingerprint density at radius 2 is 1.91 bits per heavy atom. The Morgan fingerprint density at radius 1 is 1.18 bits per heavy atom. The Labute approximate surface area is 208 Å². The molecule has 0 aliphatic heterocycles. The average Bonchev–Trinajstić information content (AvgIpc) is 2.82. The van der Waals surface area contributed by atoms with Crippen LogP contribution in [-0.2, 0) is 16.4 Å². The van der Waals surface area contributed by atoms with E-state index in [2.05, 4.69) is 41.3 Å². The summed E-state index contributed by atoms with van der Waals surface area (Å²) in [5, 5.41) is 15.4. The normalized spacial score (nSPS) is 12.3. The van der Waals surface area contributed by atoms with Crippen molar-refractivity contribution in [1.29, 1.82) is 0 Å². The molecule has 0 aliphatic carbocycles. The SMILES string of the molecule is COc1ccc(CCNS(=O)(=O)c2cc(Nc3ncc(Br)c(N[C@H](C)CO)n3)ccc2C)cc1. The van der Waals surface area contributed by atoms with E-state index in [1.807, 2.05) is 31.2 Å². The van der Waals surface area contributed by atoms with Crippen LogP contribution in [0.15, 0.2) is 58.0 Å². The summed E-state index contributed by atoms with van der Waals surface area (Å²) in [6.07, 6.45) is 2.13. The summed E-state index contributed by atoms with van der Waals surface area (Å²) in [6, 6.07) is 12.4. The molecule has 0 saturated carbocycles. The maximum absolute atomic E-state index is 13.0. The average molecular weight is 550 g/mol. The van der Waals surface area contributed by atoms with Crippen LogP contribution in [0.25, 0.3) is 0 Å². The molecule has 2 aromatic carbocycles. The summed E-state index contributed by atoms with van der Waals surface area (Å²) >= 11 is 3.38. The first-order valence-electron chi connectivity index (χ1n) is 10.6. The number of aliphatic hydroxyl groups excluding tert-OH is 1. The van der Waals surface area contributed by atoms with Gasteiger partial charge in [-0.25, -0.2) is 18.1 Å². The number of aliphatic hydroxyl groups is 1. The molecule has 1 heterocycles. The highest BCUT2D eigenvalue weighted by Crippen LogP contribution is 2.25. The van der Waals surface area contributed by atoms with Crippen LogP contribution in [-0.4, -0.2) is 49.8 Å². The number of nitrogens with one attached hydrogen (secondary N) is 3. The molecule has 0 radical (unpaired) electrons. The molecule has 0 aliphatic rings. The number of hydrogen-bond acceptors (Lipinski definition) is 8. The van der Waals surface area contributed by atoms with Crippen molar-refractivity contribution in [3.05, 3.63) is 64.3 Å². The van der Waals surface area contributed by atoms with Crippen molar-refractivity contribution >= 4 is 43.4 Å². The van der Waals surface area contributed by atoms with Crippen LogP contribution in [0.2, 0.25) is 0 Å². The molecule has 0 spiro atoms. The van der Waals surface area contributed by atoms with E-state index >= 15 is 0 Å². The Bertz CT molecular complexity index is 1220. The quantitative estimate of drug-likeness (QED) is 0.286. The fourth-order valence-electron chi connectivity index (χ4n) is 3.10. The van der Waals surface area contributed by atoms with Gasteiger partial charge in [-0.3, -0.25) is 0 Å². The third kappa shape index (κ3) is 6.89. The molecule has 4 N–H and O–H groups in total. The predicted molar refractivity (Wildman–Crippen MR) is 136 cm³/mol. The van der Waals surface area contributed by atoms with Gasteiger partial charge in [0.2, 0.25) is 16.0 Å². The zero-order valence-electron chi connectivity index (χ0n) is 19.2. The molecule has 3 rings (SSSR count). The van der Waals surface area contributed by atoms with Crippen molar-refractivity contribution < 1.29 is 18.3 Å². The number of hydrogen-bond donors (Lipinski definition) is 4. The first-order valence-corrected chi connectivity index (χ1v) is 12.9. The van der Waals surface area contributed by atoms with Crippen LogP contribution in [0.4, 0.5) is 17.5 Å². The van der Waals surface area contributed by atoms with E-state index in [0.717, 1.165) is 11.3 Å². The number of methoxy groups -OCH3 is 1. The molecule has 9 nitrogen and oxygen atoms in total. The Hall–Kier alpha value is -2.73. The fraction of sp³-hybridized carbons (Fsp3) is 0.304. The van der Waals surface area contributed by atoms with E-state index in [9.17, 15) is 13.5 Å². The van der Waals surface area contributed by atoms with Crippen molar-refractivity contribution in [3.63, 3.8) is 0 Å². The lowest BCUT2D eigenvalue weighted by atomic mass is 10.1. The molecule has 0 bridgehead atoms. The van der Waals surface area contributed by atoms with E-state index < -0.39 is 10.0 Å². The molecule has 0 fully saturated rings. The Balaban J connectivity index is 1.71. The maximum atomic E-state index is 13.0. The van der Waals surface area contributed by atoms with E-state index in [1.54, 1.807) is 38.4 Å². The zero-order chi connectivity index (χ0) is 24.7. The van der Waals surface area contributed by atoms with Gasteiger partial charge in [-0.15, -0.1) is 0 Å². The van der Waals surface area contributed by atoms with E-state index in [4.69, 9.17) is 4.74 Å². The van der Waals surface area contributed by atoms with Gasteiger partial charge in [0.15, 0.2) is 0 Å². The summed E-state index contributed by atoms with van der Waals surface area (Å²) in [5.41, 5.74) is 2.16. The highest BCUT2D eigenvalue weighted by atomic mass is 79.9. The number of anilines is 3. The molecule has 182 valence electrons. The van der Waals surface area contributed by atoms with Crippen LogP contribution in [0.3, 0.4) is 0 Å². The summed E-state index contributed by atoms with van der Waals surface area (Å²) in [5.74, 6) is 1.56. The highest BCUT2D eigenvalue weighted by Gasteiger charge is 2.18. The Kier molecular flexibility index (Phi) is 8.84. The van der Waals surface area contributed by atoms with Gasteiger partial charge in [0, 0.05) is 24.5 Å². The van der Waals surface area contributed by atoms with Gasteiger partial charge in [-0.05, 0) is 71.6 Å². The minimum atomic E-state index is -3.73. The summed E-state index contributed by atoms with van der Waals surface area (Å²) in [6.45, 7) is 3.78. The van der Waals surface area contributed by atoms with Gasteiger partial charge in [0.25, 0.3) is 0 Å². The van der Waals surface area contributed by atoms with E-state index in [-0.39, 0.29) is 30.0 Å². The van der Waals surface area contributed by atoms with E-state index in [0.29, 0.717) is 28.0 Å². The standard InChI is InChI=1S/C23H28BrN5O4S/c1-15-4-7-18(28-23-25-13-20(24)22(29-23)27-16(2)14-30)12-21(15)34(31,32)26-11-10-17-5-8-19(33-3)9-6-17/h4-9,12-13,16,26,30H,10-11,14H2,1-3H3,(H2,25,27,28,29)/t16-/m1/s1. The highest BCUT2D eigenvalue weighted by molar-refractivity contribution is 9.10. The first-order chi connectivity index (χ1) is 16.2. The summed E-state index contributed by atoms with van der Waals surface area (Å²) < 4.78 is 34.4. The van der Waals surface area contributed by atoms with Crippen LogP contribution < -0.4 is 20.1 Å². The molecular weight excluding hydrogens is 522 g/mol. The second-order valence-electron chi connectivity index (χ2n) is 7.72. The number of rotatable bonds is 11. The zero-order valence-corrected chi connectivity index (χ0v) is 21.6. The number of benzene rings is 2. The van der Waals surface area contributed by atoms with Crippen molar-refractivity contribution in [2.24, 2.45) is 0 Å². The minimum absolute atomic E-state index is 0.0517. The van der Waals surface area contributed by atoms with Crippen LogP contribution in [0, 0.1) is 6.92 Å². The van der Waals surface area contributed by atoms with Gasteiger partial charge in [-0.1, -0.05) is 18.2 Å². The van der Waals surface area contributed by atoms with Gasteiger partial charge in [-0.2, -0.15) is 4.98 Å². The molecule has 11 heteroatoms. The second kappa shape index (κ2) is 11.6. The lowest BCUT2D eigenvalue weighted by Crippen LogP contribution is -2.26. The van der Waals surface area contributed by atoms with Crippen molar-refractivity contribution in [2.75, 3.05) is 30.9 Å². The van der Waals surface area contributed by atoms with Gasteiger partial charge >= 0.3 is 0 Å². The molecular formula is C23H28BrN5O4S. The molecule has 0 amide bonds. The smallest absolute Gasteiger partial charge is 0.240 e. The molecule has 0 unspecified atom stereocenters. The van der Waals surface area contributed by atoms with Gasteiger partial charge in [0.05, 0.1) is 23.1 Å². The number of ether oxygens (including phenoxy) is 1. The molecule has 0 saturated heterocycles. The number of nitrogens with zero attached hydrogens (tertiary/aromatic N) is 2. The Morgan fingerprint density at radius 3 is 2.59 bits per heavy atom. The van der Waals surface area contributed by atoms with Crippen LogP contribution >= 0.6 is 15.9 Å². The third-order valence-corrected chi connectivity index (χ3v) is 7.18. The monoisotopic (exact) mass is 549 g/mol. The summed E-state index contributed by atoms with van der Waals surface area (Å²) in [4.78, 5) is 8.81. The second-order valence-corrected chi connectivity index (χ2v) is 10.3. The number of sulfonamides is 1. The molecule has 3 aromatic rings.